The van der Waals surface area contributed by atoms with Crippen LogP contribution < -0.4 is 5.32 Å². The number of hydrogen-bond acceptors (Lipinski definition) is 5. The van der Waals surface area contributed by atoms with Crippen LogP contribution in [-0.4, -0.2) is 34.1 Å². The van der Waals surface area contributed by atoms with Crippen LogP contribution in [0.4, 0.5) is 0 Å². The lowest BCUT2D eigenvalue weighted by Crippen LogP contribution is -2.28. The maximum absolute atomic E-state index is 11.2. The zero-order chi connectivity index (χ0) is 11.4. The molecule has 1 aromatic carbocycles. The highest BCUT2D eigenvalue weighted by Gasteiger charge is 2.14. The second kappa shape index (κ2) is 4.32. The molecule has 0 atom stereocenters. The molecule has 0 saturated heterocycles. The smallest absolute Gasteiger partial charge is 0.273 e. The van der Waals surface area contributed by atoms with Crippen LogP contribution in [0, 0.1) is 0 Å². The predicted molar refractivity (Wildman–Crippen MR) is 52.2 cm³/mol. The van der Waals surface area contributed by atoms with Crippen LogP contribution in [0.1, 0.15) is 5.56 Å². The number of phenolic OH excluding ortho intramolecular Hbond substituents is 2. The number of amides is 1. The monoisotopic (exact) mass is 210 g/mol. The van der Waals surface area contributed by atoms with Crippen LogP contribution in [0.15, 0.2) is 23.4 Å². The molecule has 0 aromatic heterocycles. The number of rotatable bonds is 2. The Kier molecular flexibility index (Phi) is 3.12. The van der Waals surface area contributed by atoms with Gasteiger partial charge in [0, 0.05) is 12.6 Å². The normalized spacial score (nSPS) is 11.1. The zero-order valence-corrected chi connectivity index (χ0v) is 7.93. The van der Waals surface area contributed by atoms with Gasteiger partial charge >= 0.3 is 0 Å². The van der Waals surface area contributed by atoms with Gasteiger partial charge in [-0.1, -0.05) is 5.16 Å². The van der Waals surface area contributed by atoms with E-state index in [1.54, 1.807) is 0 Å². The average Bonchev–Trinajstić information content (AvgIpc) is 2.24. The van der Waals surface area contributed by atoms with E-state index in [1.807, 2.05) is 0 Å². The largest absolute Gasteiger partial charge is 0.504 e. The number of hydrogen-bond donors (Lipinski definition) is 4. The number of phenols is 2. The van der Waals surface area contributed by atoms with E-state index in [-0.39, 0.29) is 17.0 Å². The molecule has 6 nitrogen and oxygen atoms in total. The molecule has 15 heavy (non-hydrogen) atoms. The van der Waals surface area contributed by atoms with Gasteiger partial charge in [0.1, 0.15) is 0 Å². The molecule has 80 valence electrons. The lowest BCUT2D eigenvalue weighted by Gasteiger charge is -2.04. The Hall–Kier alpha value is -2.24. The molecule has 0 aliphatic heterocycles. The molecule has 4 N–H and O–H groups in total. The highest BCUT2D eigenvalue weighted by molar-refractivity contribution is 6.45. The van der Waals surface area contributed by atoms with Crippen molar-refractivity contribution in [2.75, 3.05) is 7.05 Å². The fourth-order valence-electron chi connectivity index (χ4n) is 1.02. The van der Waals surface area contributed by atoms with Crippen molar-refractivity contribution >= 4 is 11.6 Å². The first-order chi connectivity index (χ1) is 7.10. The van der Waals surface area contributed by atoms with E-state index < -0.39 is 11.7 Å². The lowest BCUT2D eigenvalue weighted by atomic mass is 10.1. The van der Waals surface area contributed by atoms with Crippen molar-refractivity contribution in [1.29, 1.82) is 0 Å². The molecular weight excluding hydrogens is 200 g/mol. The minimum Gasteiger partial charge on any atom is -0.504 e. The van der Waals surface area contributed by atoms with E-state index in [0.717, 1.165) is 6.07 Å². The number of oxime groups is 1. The Morgan fingerprint density at radius 1 is 1.33 bits per heavy atom. The summed E-state index contributed by atoms with van der Waals surface area (Å²) in [7, 11) is 1.38. The van der Waals surface area contributed by atoms with Crippen LogP contribution in [0.5, 0.6) is 11.5 Å². The number of benzene rings is 1. The van der Waals surface area contributed by atoms with Crippen LogP contribution in [0.3, 0.4) is 0 Å². The van der Waals surface area contributed by atoms with Gasteiger partial charge in [-0.05, 0) is 18.2 Å². The van der Waals surface area contributed by atoms with Crippen LogP contribution in [0.25, 0.3) is 0 Å². The zero-order valence-electron chi connectivity index (χ0n) is 7.93. The summed E-state index contributed by atoms with van der Waals surface area (Å²) in [6.45, 7) is 0. The highest BCUT2D eigenvalue weighted by atomic mass is 16.4. The molecular formula is C9H10N2O4. The van der Waals surface area contributed by atoms with Gasteiger partial charge in [0.05, 0.1) is 0 Å². The SMILES string of the molecule is CNC(=O)C(=NO)c1ccc(O)c(O)c1. The maximum atomic E-state index is 11.2. The third-order valence-corrected chi connectivity index (χ3v) is 1.79. The first-order valence-electron chi connectivity index (χ1n) is 4.06. The van der Waals surface area contributed by atoms with Crippen molar-refractivity contribution in [3.63, 3.8) is 0 Å². The van der Waals surface area contributed by atoms with Crippen molar-refractivity contribution in [3.8, 4) is 11.5 Å². The van der Waals surface area contributed by atoms with E-state index >= 15 is 0 Å². The van der Waals surface area contributed by atoms with Gasteiger partial charge in [-0.2, -0.15) is 0 Å². The molecule has 1 amide bonds. The Bertz CT molecular complexity index is 415. The topological polar surface area (TPSA) is 102 Å². The first kappa shape index (κ1) is 10.8. The number of aromatic hydroxyl groups is 2. The summed E-state index contributed by atoms with van der Waals surface area (Å²) in [4.78, 5) is 11.2. The average molecular weight is 210 g/mol. The van der Waals surface area contributed by atoms with E-state index in [9.17, 15) is 9.90 Å². The van der Waals surface area contributed by atoms with Crippen LogP contribution >= 0.6 is 0 Å². The van der Waals surface area contributed by atoms with Crippen molar-refractivity contribution in [1.82, 2.24) is 5.32 Å². The molecule has 0 aliphatic rings. The fraction of sp³-hybridized carbons (Fsp3) is 0.111. The van der Waals surface area contributed by atoms with Gasteiger partial charge in [-0.15, -0.1) is 0 Å². The van der Waals surface area contributed by atoms with E-state index in [0.29, 0.717) is 0 Å². The summed E-state index contributed by atoms with van der Waals surface area (Å²) in [5.74, 6) is -1.30. The fourth-order valence-corrected chi connectivity index (χ4v) is 1.02. The standard InChI is InChI=1S/C9H10N2O4/c1-10-9(14)8(11-15)5-2-3-6(12)7(13)4-5/h2-4,12-13,15H,1H3,(H,10,14). The molecule has 0 aliphatic carbocycles. The first-order valence-corrected chi connectivity index (χ1v) is 4.06. The summed E-state index contributed by atoms with van der Waals surface area (Å²) in [5, 5.41) is 31.9. The van der Waals surface area contributed by atoms with Crippen molar-refractivity contribution in [2.24, 2.45) is 5.16 Å². The summed E-state index contributed by atoms with van der Waals surface area (Å²) >= 11 is 0. The summed E-state index contributed by atoms with van der Waals surface area (Å²) in [6.07, 6.45) is 0. The summed E-state index contributed by atoms with van der Waals surface area (Å²) < 4.78 is 0. The van der Waals surface area contributed by atoms with Gasteiger partial charge < -0.3 is 20.7 Å². The van der Waals surface area contributed by atoms with E-state index in [1.165, 1.54) is 19.2 Å². The van der Waals surface area contributed by atoms with Gasteiger partial charge in [-0.3, -0.25) is 4.79 Å². The lowest BCUT2D eigenvalue weighted by molar-refractivity contribution is -0.114. The molecule has 0 fully saturated rings. The predicted octanol–water partition coefficient (Wildman–Crippen LogP) is 0.0221. The summed E-state index contributed by atoms with van der Waals surface area (Å²) in [5.41, 5.74) is -0.0417. The molecule has 0 spiro atoms. The Morgan fingerprint density at radius 2 is 2.00 bits per heavy atom. The minimum absolute atomic E-state index is 0.201. The Balaban J connectivity index is 3.15. The van der Waals surface area contributed by atoms with E-state index in [2.05, 4.69) is 10.5 Å². The number of carbonyl (C=O) groups is 1. The van der Waals surface area contributed by atoms with Crippen molar-refractivity contribution in [2.45, 2.75) is 0 Å². The Morgan fingerprint density at radius 3 is 2.47 bits per heavy atom. The second-order valence-corrected chi connectivity index (χ2v) is 2.73. The third kappa shape index (κ3) is 2.16. The van der Waals surface area contributed by atoms with Gasteiger partial charge in [-0.25, -0.2) is 0 Å². The number of likely N-dealkylation sites (N-methyl/N-ethyl adjacent to an activating group) is 1. The molecule has 0 radical (unpaired) electrons. The molecule has 1 aromatic rings. The Labute approximate surface area is 85.5 Å². The number of carbonyl (C=O) groups excluding carboxylic acids is 1. The second-order valence-electron chi connectivity index (χ2n) is 2.73. The maximum Gasteiger partial charge on any atom is 0.273 e. The molecule has 0 bridgehead atoms. The van der Waals surface area contributed by atoms with Gasteiger partial charge in [0.25, 0.3) is 5.91 Å². The van der Waals surface area contributed by atoms with Gasteiger partial charge in [0.15, 0.2) is 17.2 Å². The van der Waals surface area contributed by atoms with Crippen molar-refractivity contribution in [3.05, 3.63) is 23.8 Å². The van der Waals surface area contributed by atoms with E-state index in [4.69, 9.17) is 10.3 Å². The molecule has 1 rings (SSSR count). The molecule has 0 unspecified atom stereocenters. The quantitative estimate of drug-likeness (QED) is 0.239. The number of nitrogens with one attached hydrogen (secondary N) is 1. The van der Waals surface area contributed by atoms with Crippen molar-refractivity contribution < 1.29 is 20.2 Å². The van der Waals surface area contributed by atoms with Gasteiger partial charge in [0.2, 0.25) is 0 Å². The molecule has 6 heteroatoms. The summed E-state index contributed by atoms with van der Waals surface area (Å²) in [6, 6.07) is 3.66. The number of nitrogens with zero attached hydrogens (tertiary/aromatic N) is 1. The minimum atomic E-state index is -0.595. The van der Waals surface area contributed by atoms with Crippen LogP contribution in [0.2, 0.25) is 0 Å². The highest BCUT2D eigenvalue weighted by Crippen LogP contribution is 2.25. The third-order valence-electron chi connectivity index (χ3n) is 1.79. The van der Waals surface area contributed by atoms with Crippen LogP contribution in [-0.2, 0) is 4.79 Å². The molecule has 0 saturated carbocycles. The molecule has 0 heterocycles.